The zero-order valence-electron chi connectivity index (χ0n) is 11.6. The molecule has 1 atom stereocenters. The standard InChI is InChI=1S/C14H25N3O/c1-3-4-8-18-9-7-17-12-16-10-13(17)14(2)5-6-15-11-14/h10,12,15H,3-9,11H2,1-2H3. The summed E-state index contributed by atoms with van der Waals surface area (Å²) in [5.41, 5.74) is 1.58. The van der Waals surface area contributed by atoms with Gasteiger partial charge in [0.15, 0.2) is 0 Å². The molecule has 1 aromatic rings. The molecule has 102 valence electrons. The summed E-state index contributed by atoms with van der Waals surface area (Å²) in [7, 11) is 0. The van der Waals surface area contributed by atoms with Gasteiger partial charge in [0.25, 0.3) is 0 Å². The Morgan fingerprint density at radius 1 is 1.50 bits per heavy atom. The number of rotatable bonds is 7. The van der Waals surface area contributed by atoms with Gasteiger partial charge in [-0.25, -0.2) is 4.98 Å². The Morgan fingerprint density at radius 2 is 2.39 bits per heavy atom. The maximum absolute atomic E-state index is 5.63. The van der Waals surface area contributed by atoms with Gasteiger partial charge in [0, 0.05) is 37.0 Å². The van der Waals surface area contributed by atoms with Crippen molar-refractivity contribution in [2.45, 2.75) is 45.1 Å². The summed E-state index contributed by atoms with van der Waals surface area (Å²) >= 11 is 0. The van der Waals surface area contributed by atoms with Crippen LogP contribution >= 0.6 is 0 Å². The Kier molecular flexibility index (Phi) is 4.78. The van der Waals surface area contributed by atoms with Crippen molar-refractivity contribution in [2.24, 2.45) is 0 Å². The van der Waals surface area contributed by atoms with Crippen LogP contribution in [-0.4, -0.2) is 35.9 Å². The van der Waals surface area contributed by atoms with Crippen LogP contribution < -0.4 is 5.32 Å². The molecular formula is C14H25N3O. The lowest BCUT2D eigenvalue weighted by molar-refractivity contribution is 0.122. The maximum Gasteiger partial charge on any atom is 0.0949 e. The monoisotopic (exact) mass is 251 g/mol. The van der Waals surface area contributed by atoms with Gasteiger partial charge in [0.2, 0.25) is 0 Å². The molecule has 2 rings (SSSR count). The summed E-state index contributed by atoms with van der Waals surface area (Å²) in [6.07, 6.45) is 7.48. The average molecular weight is 251 g/mol. The molecule has 1 aliphatic rings. The van der Waals surface area contributed by atoms with Crippen LogP contribution in [0.4, 0.5) is 0 Å². The van der Waals surface area contributed by atoms with Gasteiger partial charge >= 0.3 is 0 Å². The fourth-order valence-electron chi connectivity index (χ4n) is 2.55. The Morgan fingerprint density at radius 3 is 3.11 bits per heavy atom. The van der Waals surface area contributed by atoms with E-state index in [4.69, 9.17) is 4.74 Å². The first-order valence-corrected chi connectivity index (χ1v) is 7.05. The van der Waals surface area contributed by atoms with E-state index in [-0.39, 0.29) is 5.41 Å². The quantitative estimate of drug-likeness (QED) is 0.753. The average Bonchev–Trinajstić information content (AvgIpc) is 2.98. The van der Waals surface area contributed by atoms with Crippen LogP contribution in [0.2, 0.25) is 0 Å². The van der Waals surface area contributed by atoms with Crippen LogP contribution in [0.15, 0.2) is 12.5 Å². The highest BCUT2D eigenvalue weighted by molar-refractivity contribution is 5.17. The van der Waals surface area contributed by atoms with Gasteiger partial charge in [-0.15, -0.1) is 0 Å². The largest absolute Gasteiger partial charge is 0.380 e. The Labute approximate surface area is 110 Å². The number of nitrogens with one attached hydrogen (secondary N) is 1. The predicted molar refractivity (Wildman–Crippen MR) is 72.8 cm³/mol. The van der Waals surface area contributed by atoms with Crippen LogP contribution in [-0.2, 0) is 16.7 Å². The van der Waals surface area contributed by atoms with E-state index in [0.29, 0.717) is 0 Å². The molecule has 0 aromatic carbocycles. The minimum absolute atomic E-state index is 0.236. The third-order valence-electron chi connectivity index (χ3n) is 3.82. The molecule has 1 aromatic heterocycles. The van der Waals surface area contributed by atoms with E-state index in [1.165, 1.54) is 18.5 Å². The van der Waals surface area contributed by atoms with Crippen LogP contribution in [0.1, 0.15) is 38.8 Å². The lowest BCUT2D eigenvalue weighted by atomic mass is 9.86. The van der Waals surface area contributed by atoms with Crippen LogP contribution in [0, 0.1) is 0 Å². The molecule has 1 aliphatic heterocycles. The highest BCUT2D eigenvalue weighted by Gasteiger charge is 2.33. The van der Waals surface area contributed by atoms with Crippen LogP contribution in [0.25, 0.3) is 0 Å². The smallest absolute Gasteiger partial charge is 0.0949 e. The highest BCUT2D eigenvalue weighted by atomic mass is 16.5. The number of imidazole rings is 1. The number of ether oxygens (including phenoxy) is 1. The van der Waals surface area contributed by atoms with Gasteiger partial charge in [-0.2, -0.15) is 0 Å². The second-order valence-corrected chi connectivity index (χ2v) is 5.43. The first kappa shape index (κ1) is 13.6. The lowest BCUT2D eigenvalue weighted by Crippen LogP contribution is -2.28. The van der Waals surface area contributed by atoms with E-state index in [9.17, 15) is 0 Å². The first-order valence-electron chi connectivity index (χ1n) is 7.05. The normalized spacial score (nSPS) is 23.7. The molecule has 1 unspecified atom stereocenters. The summed E-state index contributed by atoms with van der Waals surface area (Å²) in [4.78, 5) is 4.31. The van der Waals surface area contributed by atoms with Crippen molar-refractivity contribution in [1.29, 1.82) is 0 Å². The second kappa shape index (κ2) is 6.34. The van der Waals surface area contributed by atoms with Gasteiger partial charge in [-0.1, -0.05) is 20.3 Å². The molecule has 1 N–H and O–H groups in total. The van der Waals surface area contributed by atoms with Gasteiger partial charge < -0.3 is 14.6 Å². The molecule has 0 bridgehead atoms. The first-order chi connectivity index (χ1) is 8.76. The highest BCUT2D eigenvalue weighted by Crippen LogP contribution is 2.29. The van der Waals surface area contributed by atoms with Gasteiger partial charge in [0.1, 0.15) is 0 Å². The fourth-order valence-corrected chi connectivity index (χ4v) is 2.55. The molecule has 0 saturated carbocycles. The molecule has 2 heterocycles. The molecular weight excluding hydrogens is 226 g/mol. The Balaban J connectivity index is 1.87. The van der Waals surface area contributed by atoms with E-state index in [1.54, 1.807) is 0 Å². The van der Waals surface area contributed by atoms with Crippen molar-refractivity contribution >= 4 is 0 Å². The minimum atomic E-state index is 0.236. The summed E-state index contributed by atoms with van der Waals surface area (Å²) in [5, 5.41) is 3.44. The minimum Gasteiger partial charge on any atom is -0.380 e. The number of hydrogen-bond donors (Lipinski definition) is 1. The number of hydrogen-bond acceptors (Lipinski definition) is 3. The summed E-state index contributed by atoms with van der Waals surface area (Å²) in [6.45, 7) is 9.23. The van der Waals surface area contributed by atoms with Crippen molar-refractivity contribution in [3.8, 4) is 0 Å². The summed E-state index contributed by atoms with van der Waals surface area (Å²) in [5.74, 6) is 0. The van der Waals surface area contributed by atoms with E-state index in [2.05, 4.69) is 28.7 Å². The second-order valence-electron chi connectivity index (χ2n) is 5.43. The number of nitrogens with zero attached hydrogens (tertiary/aromatic N) is 2. The zero-order chi connectivity index (χ0) is 12.8. The molecule has 1 saturated heterocycles. The van der Waals surface area contributed by atoms with Gasteiger partial charge in [0.05, 0.1) is 12.9 Å². The molecule has 0 aliphatic carbocycles. The maximum atomic E-state index is 5.63. The Bertz CT molecular complexity index is 356. The number of unbranched alkanes of at least 4 members (excludes halogenated alkanes) is 1. The molecule has 4 heteroatoms. The van der Waals surface area contributed by atoms with Crippen molar-refractivity contribution in [1.82, 2.24) is 14.9 Å². The molecule has 0 amide bonds. The molecule has 18 heavy (non-hydrogen) atoms. The van der Waals surface area contributed by atoms with Gasteiger partial charge in [-0.3, -0.25) is 0 Å². The van der Waals surface area contributed by atoms with Crippen LogP contribution in [0.5, 0.6) is 0 Å². The Hall–Kier alpha value is -0.870. The number of aromatic nitrogens is 2. The fraction of sp³-hybridized carbons (Fsp3) is 0.786. The molecule has 0 radical (unpaired) electrons. The van der Waals surface area contributed by atoms with Crippen molar-refractivity contribution < 1.29 is 4.74 Å². The molecule has 1 fully saturated rings. The predicted octanol–water partition coefficient (Wildman–Crippen LogP) is 1.95. The van der Waals surface area contributed by atoms with E-state index >= 15 is 0 Å². The summed E-state index contributed by atoms with van der Waals surface area (Å²) in [6, 6.07) is 0. The van der Waals surface area contributed by atoms with Gasteiger partial charge in [-0.05, 0) is 19.4 Å². The lowest BCUT2D eigenvalue weighted by Gasteiger charge is -2.24. The van der Waals surface area contributed by atoms with Crippen LogP contribution in [0.3, 0.4) is 0 Å². The van der Waals surface area contributed by atoms with E-state index in [1.807, 2.05) is 12.5 Å². The van der Waals surface area contributed by atoms with Crippen molar-refractivity contribution in [3.63, 3.8) is 0 Å². The third kappa shape index (κ3) is 3.12. The van der Waals surface area contributed by atoms with Crippen molar-refractivity contribution in [3.05, 3.63) is 18.2 Å². The third-order valence-corrected chi connectivity index (χ3v) is 3.82. The van der Waals surface area contributed by atoms with E-state index < -0.39 is 0 Å². The topological polar surface area (TPSA) is 39.1 Å². The zero-order valence-corrected chi connectivity index (χ0v) is 11.6. The summed E-state index contributed by atoms with van der Waals surface area (Å²) < 4.78 is 7.88. The SMILES string of the molecule is CCCCOCCn1cncc1C1(C)CCNC1. The van der Waals surface area contributed by atoms with E-state index in [0.717, 1.165) is 39.3 Å². The molecule has 4 nitrogen and oxygen atoms in total. The molecule has 0 spiro atoms. The van der Waals surface area contributed by atoms with Crippen molar-refractivity contribution in [2.75, 3.05) is 26.3 Å².